The van der Waals surface area contributed by atoms with Crippen LogP contribution in [0.15, 0.2) is 114 Å². The van der Waals surface area contributed by atoms with Gasteiger partial charge in [-0.2, -0.15) is 0 Å². The maximum atomic E-state index is 13.6. The first-order valence-electron chi connectivity index (χ1n) is 14.6. The second-order valence-corrected chi connectivity index (χ2v) is 11.3. The summed E-state index contributed by atoms with van der Waals surface area (Å²) in [5, 5.41) is 5.38. The number of amides is 2. The third-order valence-corrected chi connectivity index (χ3v) is 8.75. The molecule has 2 N–H and O–H groups in total. The van der Waals surface area contributed by atoms with E-state index in [2.05, 4.69) is 42.1 Å². The highest BCUT2D eigenvalue weighted by Gasteiger charge is 2.39. The van der Waals surface area contributed by atoms with Gasteiger partial charge in [0.05, 0.1) is 31.1 Å². The summed E-state index contributed by atoms with van der Waals surface area (Å²) in [5.41, 5.74) is 11.6. The van der Waals surface area contributed by atoms with Crippen molar-refractivity contribution in [3.05, 3.63) is 130 Å². The molecule has 0 saturated carbocycles. The van der Waals surface area contributed by atoms with Crippen LogP contribution in [0.25, 0.3) is 0 Å². The number of hydrogen-bond acceptors (Lipinski definition) is 4. The smallest absolute Gasteiger partial charge is 0.317 e. The van der Waals surface area contributed by atoms with Gasteiger partial charge in [0.1, 0.15) is 11.6 Å². The number of para-hydroxylation sites is 1. The number of urea groups is 1. The van der Waals surface area contributed by atoms with Crippen LogP contribution in [-0.4, -0.2) is 25.1 Å². The minimum Gasteiger partial charge on any atom is -0.496 e. The molecule has 1 aliphatic heterocycles. The number of carbonyl (C=O) groups excluding carboxylic acids is 1. The maximum Gasteiger partial charge on any atom is 0.317 e. The molecular formula is C35H37FN4O2. The van der Waals surface area contributed by atoms with Crippen LogP contribution in [0, 0.1) is 17.7 Å². The van der Waals surface area contributed by atoms with Crippen molar-refractivity contribution < 1.29 is 13.9 Å². The first-order valence-corrected chi connectivity index (χ1v) is 14.6. The average molecular weight is 565 g/mol. The summed E-state index contributed by atoms with van der Waals surface area (Å²) in [5.74, 6) is 1.12. The Hall–Kier alpha value is -4.52. The van der Waals surface area contributed by atoms with E-state index in [-0.39, 0.29) is 23.8 Å². The quantitative estimate of drug-likeness (QED) is 0.303. The lowest BCUT2D eigenvalue weighted by atomic mass is 9.78. The fraction of sp³-hybridized carbons (Fsp3) is 0.286. The lowest BCUT2D eigenvalue weighted by Crippen LogP contribution is -2.39. The predicted octanol–water partition coefficient (Wildman–Crippen LogP) is 7.26. The number of ether oxygens (including phenoxy) is 1. The predicted molar refractivity (Wildman–Crippen MR) is 164 cm³/mol. The van der Waals surface area contributed by atoms with E-state index in [1.807, 2.05) is 54.5 Å². The third kappa shape index (κ3) is 5.39. The van der Waals surface area contributed by atoms with Gasteiger partial charge in [0, 0.05) is 30.3 Å². The summed E-state index contributed by atoms with van der Waals surface area (Å²) in [6.07, 6.45) is 7.24. The zero-order valence-electron chi connectivity index (χ0n) is 24.3. The highest BCUT2D eigenvalue weighted by atomic mass is 19.1. The van der Waals surface area contributed by atoms with Gasteiger partial charge in [-0.1, -0.05) is 61.0 Å². The molecule has 0 fully saturated rings. The largest absolute Gasteiger partial charge is 0.496 e. The fourth-order valence-corrected chi connectivity index (χ4v) is 6.63. The number of halogens is 1. The highest BCUT2D eigenvalue weighted by molar-refractivity contribution is 5.74. The lowest BCUT2D eigenvalue weighted by Gasteiger charge is -2.32. The standard InChI is InChI=1S/C35H37FN4O2/c1-23-30-21-37-40(29-17-15-28(36)16-18-29)32(30)20-26-14-13-25(34(23)26)19-31(24-9-5-4-6-10-24)38-35(41)39(2)22-27-11-7-8-12-33(27)42-3/h4-12,15-18,20-21,23,25,31,37H,13-14,19,22H2,1-3H3,(H,38,41)/t23-,25+,31?/m0/s1. The van der Waals surface area contributed by atoms with Crippen molar-refractivity contribution in [2.45, 2.75) is 38.8 Å². The van der Waals surface area contributed by atoms with Crippen molar-refractivity contribution >= 4 is 11.7 Å². The van der Waals surface area contributed by atoms with E-state index in [0.29, 0.717) is 12.5 Å². The lowest BCUT2D eigenvalue weighted by molar-refractivity contribution is 0.200. The molecule has 2 aliphatic carbocycles. The molecule has 3 atom stereocenters. The van der Waals surface area contributed by atoms with Crippen molar-refractivity contribution in [1.82, 2.24) is 15.6 Å². The zero-order valence-corrected chi connectivity index (χ0v) is 24.3. The average Bonchev–Trinajstić information content (AvgIpc) is 3.63. The van der Waals surface area contributed by atoms with Gasteiger partial charge in [-0.25, -0.2) is 9.18 Å². The molecule has 6 nitrogen and oxygen atoms in total. The zero-order chi connectivity index (χ0) is 29.2. The van der Waals surface area contributed by atoms with Crippen molar-refractivity contribution in [3.63, 3.8) is 0 Å². The molecule has 0 aromatic heterocycles. The molecule has 2 amide bonds. The molecule has 3 aliphatic rings. The SMILES string of the molecule is COc1ccccc1CN(C)C(=O)NC(C[C@H]1CCC2=C1[C@@H](C)C1=CNN(c3ccc(F)cc3)C1=C2)c1ccccc1. The molecule has 1 heterocycles. The Bertz CT molecular complexity index is 1550. The minimum atomic E-state index is -0.244. The Morgan fingerprint density at radius 3 is 2.60 bits per heavy atom. The van der Waals surface area contributed by atoms with Crippen LogP contribution in [0.2, 0.25) is 0 Å². The number of methoxy groups -OCH3 is 1. The number of hydrogen-bond donors (Lipinski definition) is 2. The number of nitrogens with one attached hydrogen (secondary N) is 2. The molecule has 7 heteroatoms. The third-order valence-electron chi connectivity index (χ3n) is 8.75. The summed E-state index contributed by atoms with van der Waals surface area (Å²) in [6.45, 7) is 2.73. The van der Waals surface area contributed by atoms with E-state index < -0.39 is 0 Å². The van der Waals surface area contributed by atoms with Crippen LogP contribution in [0.1, 0.15) is 43.4 Å². The van der Waals surface area contributed by atoms with Gasteiger partial charge in [0.15, 0.2) is 0 Å². The first-order chi connectivity index (χ1) is 20.4. The molecule has 6 rings (SSSR count). The van der Waals surface area contributed by atoms with Gasteiger partial charge in [0.25, 0.3) is 0 Å². The van der Waals surface area contributed by atoms with Crippen LogP contribution in [0.5, 0.6) is 5.75 Å². The molecule has 42 heavy (non-hydrogen) atoms. The van der Waals surface area contributed by atoms with E-state index >= 15 is 0 Å². The molecule has 216 valence electrons. The summed E-state index contributed by atoms with van der Waals surface area (Å²) in [6, 6.07) is 24.4. The summed E-state index contributed by atoms with van der Waals surface area (Å²) < 4.78 is 19.1. The normalized spacial score (nSPS) is 19.8. The van der Waals surface area contributed by atoms with Gasteiger partial charge >= 0.3 is 6.03 Å². The van der Waals surface area contributed by atoms with Crippen LogP contribution in [0.3, 0.4) is 0 Å². The number of carbonyl (C=O) groups is 1. The number of anilines is 1. The van der Waals surface area contributed by atoms with Crippen molar-refractivity contribution in [3.8, 4) is 5.75 Å². The van der Waals surface area contributed by atoms with Crippen LogP contribution in [0.4, 0.5) is 14.9 Å². The van der Waals surface area contributed by atoms with Crippen molar-refractivity contribution in [2.75, 3.05) is 19.2 Å². The highest BCUT2D eigenvalue weighted by Crippen LogP contribution is 2.49. The molecule has 3 aromatic carbocycles. The summed E-state index contributed by atoms with van der Waals surface area (Å²) in [4.78, 5) is 15.2. The summed E-state index contributed by atoms with van der Waals surface area (Å²) in [7, 11) is 3.47. The van der Waals surface area contributed by atoms with Gasteiger partial charge in [-0.3, -0.25) is 5.01 Å². The number of benzene rings is 3. The Kier molecular flexibility index (Phi) is 7.74. The number of rotatable bonds is 8. The second-order valence-electron chi connectivity index (χ2n) is 11.3. The van der Waals surface area contributed by atoms with E-state index in [1.54, 1.807) is 24.1 Å². The number of allylic oxidation sites excluding steroid dienone is 4. The van der Waals surface area contributed by atoms with Crippen LogP contribution < -0.4 is 20.5 Å². The van der Waals surface area contributed by atoms with E-state index in [4.69, 9.17) is 4.74 Å². The Balaban J connectivity index is 1.22. The maximum absolute atomic E-state index is 13.6. The molecule has 0 spiro atoms. The number of hydrazine groups is 1. The molecule has 1 unspecified atom stereocenters. The first kappa shape index (κ1) is 27.6. The Morgan fingerprint density at radius 1 is 1.10 bits per heavy atom. The van der Waals surface area contributed by atoms with E-state index in [0.717, 1.165) is 47.5 Å². The monoisotopic (exact) mass is 564 g/mol. The molecule has 0 radical (unpaired) electrons. The van der Waals surface area contributed by atoms with Crippen LogP contribution in [-0.2, 0) is 6.54 Å². The second kappa shape index (κ2) is 11.8. The Morgan fingerprint density at radius 2 is 1.83 bits per heavy atom. The van der Waals surface area contributed by atoms with Gasteiger partial charge in [0.2, 0.25) is 0 Å². The fourth-order valence-electron chi connectivity index (χ4n) is 6.63. The molecule has 0 saturated heterocycles. The van der Waals surface area contributed by atoms with E-state index in [9.17, 15) is 9.18 Å². The Labute approximate surface area is 247 Å². The minimum absolute atomic E-state index is 0.113. The topological polar surface area (TPSA) is 56.8 Å². The number of fused-ring (bicyclic) bond motifs is 1. The van der Waals surface area contributed by atoms with Gasteiger partial charge in [-0.15, -0.1) is 0 Å². The molecular weight excluding hydrogens is 527 g/mol. The van der Waals surface area contributed by atoms with Gasteiger partial charge < -0.3 is 20.4 Å². The van der Waals surface area contributed by atoms with Crippen molar-refractivity contribution in [2.24, 2.45) is 11.8 Å². The number of nitrogens with zero attached hydrogens (tertiary/aromatic N) is 2. The van der Waals surface area contributed by atoms with E-state index in [1.165, 1.54) is 28.9 Å². The van der Waals surface area contributed by atoms with Crippen LogP contribution >= 0.6 is 0 Å². The van der Waals surface area contributed by atoms with Gasteiger partial charge in [-0.05, 0) is 72.7 Å². The van der Waals surface area contributed by atoms with Crippen molar-refractivity contribution in [1.29, 1.82) is 0 Å². The molecule has 0 bridgehead atoms. The molecule has 3 aromatic rings. The summed E-state index contributed by atoms with van der Waals surface area (Å²) >= 11 is 0.